The third-order valence-electron chi connectivity index (χ3n) is 3.51. The standard InChI is InChI=1S/C16H12ClN5OS/c17-14-11(8-10-4-1-2-5-12(10)19-14)9-24-16-21-20-15(22(16)18)13-6-3-7-23-13/h1-8H,9,18H2. The Balaban J connectivity index is 1.58. The minimum Gasteiger partial charge on any atom is -0.461 e. The van der Waals surface area contributed by atoms with E-state index in [1.807, 2.05) is 30.3 Å². The van der Waals surface area contributed by atoms with Crippen molar-refractivity contribution < 1.29 is 4.42 Å². The molecule has 4 rings (SSSR count). The van der Waals surface area contributed by atoms with Gasteiger partial charge in [-0.1, -0.05) is 41.6 Å². The topological polar surface area (TPSA) is 82.8 Å². The summed E-state index contributed by atoms with van der Waals surface area (Å²) in [7, 11) is 0. The van der Waals surface area contributed by atoms with Crippen molar-refractivity contribution in [2.45, 2.75) is 10.9 Å². The van der Waals surface area contributed by atoms with Gasteiger partial charge in [0.2, 0.25) is 11.0 Å². The maximum atomic E-state index is 6.28. The minimum absolute atomic E-state index is 0.477. The summed E-state index contributed by atoms with van der Waals surface area (Å²) in [4.78, 5) is 4.42. The Morgan fingerprint density at radius 1 is 1.17 bits per heavy atom. The fourth-order valence-electron chi connectivity index (χ4n) is 2.33. The lowest BCUT2D eigenvalue weighted by atomic mass is 10.2. The molecule has 0 bridgehead atoms. The van der Waals surface area contributed by atoms with Crippen molar-refractivity contribution in [3.63, 3.8) is 0 Å². The Hall–Kier alpha value is -2.51. The summed E-state index contributed by atoms with van der Waals surface area (Å²) in [6.07, 6.45) is 1.57. The molecule has 0 spiro atoms. The molecular formula is C16H12ClN5OS. The van der Waals surface area contributed by atoms with Gasteiger partial charge in [0.1, 0.15) is 5.15 Å². The van der Waals surface area contributed by atoms with Crippen molar-refractivity contribution in [2.75, 3.05) is 5.84 Å². The lowest BCUT2D eigenvalue weighted by Crippen LogP contribution is -2.11. The molecule has 0 radical (unpaired) electrons. The molecule has 0 saturated heterocycles. The highest BCUT2D eigenvalue weighted by molar-refractivity contribution is 7.98. The average molecular weight is 358 g/mol. The highest BCUT2D eigenvalue weighted by Gasteiger charge is 2.15. The molecule has 4 aromatic rings. The molecule has 2 N–H and O–H groups in total. The fraction of sp³-hybridized carbons (Fsp3) is 0.0625. The molecule has 8 heteroatoms. The number of benzene rings is 1. The van der Waals surface area contributed by atoms with Crippen LogP contribution in [0.15, 0.2) is 58.3 Å². The first-order valence-electron chi connectivity index (χ1n) is 7.14. The number of nitrogen functional groups attached to an aromatic ring is 1. The molecule has 0 aliphatic rings. The van der Waals surface area contributed by atoms with E-state index >= 15 is 0 Å². The van der Waals surface area contributed by atoms with E-state index in [1.165, 1.54) is 16.4 Å². The maximum absolute atomic E-state index is 6.28. The minimum atomic E-state index is 0.477. The predicted molar refractivity (Wildman–Crippen MR) is 94.2 cm³/mol. The summed E-state index contributed by atoms with van der Waals surface area (Å²) in [6.45, 7) is 0. The number of hydrogen-bond donors (Lipinski definition) is 1. The van der Waals surface area contributed by atoms with Crippen LogP contribution in [0.1, 0.15) is 5.56 Å². The van der Waals surface area contributed by atoms with E-state index in [4.69, 9.17) is 21.9 Å². The number of rotatable bonds is 4. The Morgan fingerprint density at radius 2 is 2.04 bits per heavy atom. The van der Waals surface area contributed by atoms with Gasteiger partial charge in [0.05, 0.1) is 11.8 Å². The second-order valence-corrected chi connectivity index (χ2v) is 6.37. The zero-order valence-corrected chi connectivity index (χ0v) is 14.0. The van der Waals surface area contributed by atoms with Crippen molar-refractivity contribution in [1.29, 1.82) is 0 Å². The SMILES string of the molecule is Nn1c(SCc2cc3ccccc3nc2Cl)nnc1-c1ccco1. The molecule has 24 heavy (non-hydrogen) atoms. The van der Waals surface area contributed by atoms with E-state index in [1.54, 1.807) is 18.4 Å². The monoisotopic (exact) mass is 357 g/mol. The molecule has 1 aromatic carbocycles. The third-order valence-corrected chi connectivity index (χ3v) is 4.83. The molecule has 0 amide bonds. The van der Waals surface area contributed by atoms with Gasteiger partial charge in [0.25, 0.3) is 0 Å². The Kier molecular flexibility index (Phi) is 3.87. The lowest BCUT2D eigenvalue weighted by Gasteiger charge is -2.06. The van der Waals surface area contributed by atoms with E-state index in [0.29, 0.717) is 27.6 Å². The molecule has 0 saturated carbocycles. The van der Waals surface area contributed by atoms with Crippen molar-refractivity contribution in [1.82, 2.24) is 19.9 Å². The quantitative estimate of drug-likeness (QED) is 0.340. The summed E-state index contributed by atoms with van der Waals surface area (Å²) in [5.41, 5.74) is 1.79. The molecule has 0 aliphatic carbocycles. The lowest BCUT2D eigenvalue weighted by molar-refractivity contribution is 0.574. The van der Waals surface area contributed by atoms with Gasteiger partial charge in [-0.25, -0.2) is 9.66 Å². The van der Waals surface area contributed by atoms with Crippen LogP contribution in [0, 0.1) is 0 Å². The van der Waals surface area contributed by atoms with Crippen LogP contribution in [0.3, 0.4) is 0 Å². The van der Waals surface area contributed by atoms with Gasteiger partial charge in [0.15, 0.2) is 5.76 Å². The molecule has 0 fully saturated rings. The van der Waals surface area contributed by atoms with Crippen LogP contribution < -0.4 is 5.84 Å². The van der Waals surface area contributed by atoms with E-state index < -0.39 is 0 Å². The molecule has 3 aromatic heterocycles. The number of furan rings is 1. The number of halogens is 1. The maximum Gasteiger partial charge on any atom is 0.218 e. The number of para-hydroxylation sites is 1. The zero-order valence-electron chi connectivity index (χ0n) is 12.4. The predicted octanol–water partition coefficient (Wildman–Crippen LogP) is 3.75. The number of nitrogens with two attached hydrogens (primary N) is 1. The molecule has 0 aliphatic heterocycles. The van der Waals surface area contributed by atoms with Gasteiger partial charge in [0, 0.05) is 16.7 Å². The van der Waals surface area contributed by atoms with Crippen molar-refractivity contribution in [2.24, 2.45) is 0 Å². The molecule has 0 atom stereocenters. The summed E-state index contributed by atoms with van der Waals surface area (Å²) in [5, 5.41) is 10.3. The van der Waals surface area contributed by atoms with E-state index in [9.17, 15) is 0 Å². The van der Waals surface area contributed by atoms with Gasteiger partial charge in [-0.3, -0.25) is 0 Å². The number of thioether (sulfide) groups is 1. The van der Waals surface area contributed by atoms with Crippen LogP contribution in [0.2, 0.25) is 5.15 Å². The number of pyridine rings is 1. The fourth-order valence-corrected chi connectivity index (χ4v) is 3.45. The first-order valence-corrected chi connectivity index (χ1v) is 8.50. The third kappa shape index (κ3) is 2.72. The first-order chi connectivity index (χ1) is 11.7. The zero-order chi connectivity index (χ0) is 16.5. The van der Waals surface area contributed by atoms with Gasteiger partial charge in [-0.2, -0.15) is 0 Å². The summed E-state index contributed by atoms with van der Waals surface area (Å²) in [5.74, 6) is 7.69. The van der Waals surface area contributed by atoms with Crippen LogP contribution in [-0.4, -0.2) is 19.9 Å². The largest absolute Gasteiger partial charge is 0.461 e. The van der Waals surface area contributed by atoms with Gasteiger partial charge >= 0.3 is 0 Å². The van der Waals surface area contributed by atoms with Crippen LogP contribution in [0.25, 0.3) is 22.5 Å². The summed E-state index contributed by atoms with van der Waals surface area (Å²) >= 11 is 7.72. The normalized spacial score (nSPS) is 11.2. The van der Waals surface area contributed by atoms with Gasteiger partial charge in [-0.15, -0.1) is 10.2 Å². The number of nitrogens with zero attached hydrogens (tertiary/aromatic N) is 4. The van der Waals surface area contributed by atoms with Crippen LogP contribution >= 0.6 is 23.4 Å². The van der Waals surface area contributed by atoms with E-state index in [0.717, 1.165) is 16.5 Å². The molecule has 120 valence electrons. The molecule has 6 nitrogen and oxygen atoms in total. The molecule has 0 unspecified atom stereocenters. The van der Waals surface area contributed by atoms with Crippen molar-refractivity contribution in [3.8, 4) is 11.6 Å². The number of hydrogen-bond acceptors (Lipinski definition) is 6. The number of fused-ring (bicyclic) bond motifs is 1. The van der Waals surface area contributed by atoms with Crippen LogP contribution in [0.4, 0.5) is 0 Å². The molecule has 3 heterocycles. The Morgan fingerprint density at radius 3 is 2.88 bits per heavy atom. The summed E-state index contributed by atoms with van der Waals surface area (Å²) < 4.78 is 6.71. The van der Waals surface area contributed by atoms with E-state index in [-0.39, 0.29) is 0 Å². The smallest absolute Gasteiger partial charge is 0.218 e. The van der Waals surface area contributed by atoms with Crippen LogP contribution in [-0.2, 0) is 5.75 Å². The van der Waals surface area contributed by atoms with Gasteiger partial charge < -0.3 is 10.3 Å². The second kappa shape index (κ2) is 6.18. The molecular weight excluding hydrogens is 346 g/mol. The average Bonchev–Trinajstić information content (AvgIpc) is 3.23. The van der Waals surface area contributed by atoms with Crippen molar-refractivity contribution >= 4 is 34.3 Å². The summed E-state index contributed by atoms with van der Waals surface area (Å²) in [6, 6.07) is 13.4. The second-order valence-electron chi connectivity index (χ2n) is 5.07. The Labute approximate surface area is 146 Å². The van der Waals surface area contributed by atoms with E-state index in [2.05, 4.69) is 15.2 Å². The van der Waals surface area contributed by atoms with Crippen LogP contribution in [0.5, 0.6) is 0 Å². The Bertz CT molecular complexity index is 999. The number of aromatic nitrogens is 4. The highest BCUT2D eigenvalue weighted by atomic mass is 35.5. The first kappa shape index (κ1) is 15.0. The van der Waals surface area contributed by atoms with Crippen molar-refractivity contribution in [3.05, 3.63) is 59.4 Å². The van der Waals surface area contributed by atoms with Gasteiger partial charge in [-0.05, 0) is 24.3 Å². The highest BCUT2D eigenvalue weighted by Crippen LogP contribution is 2.28.